The van der Waals surface area contributed by atoms with Gasteiger partial charge in [0.15, 0.2) is 6.10 Å². The molecule has 0 aliphatic rings. The first-order valence-corrected chi connectivity index (χ1v) is 34.8. The van der Waals surface area contributed by atoms with E-state index in [0.717, 1.165) is 77.0 Å². The lowest BCUT2D eigenvalue weighted by atomic mass is 10.0. The van der Waals surface area contributed by atoms with Gasteiger partial charge in [-0.05, 0) is 109 Å². The number of carbonyl (C=O) groups excluding carboxylic acids is 3. The van der Waals surface area contributed by atoms with Crippen LogP contribution >= 0.6 is 0 Å². The molecular weight excluding hydrogens is 973 g/mol. The van der Waals surface area contributed by atoms with Crippen LogP contribution in [0.25, 0.3) is 0 Å². The third-order valence-corrected chi connectivity index (χ3v) is 15.5. The maximum absolute atomic E-state index is 13.0. The highest BCUT2D eigenvalue weighted by molar-refractivity contribution is 5.71. The Labute approximate surface area is 491 Å². The summed E-state index contributed by atoms with van der Waals surface area (Å²) < 4.78 is 17.0. The number of rotatable bonds is 64. The maximum atomic E-state index is 13.0. The quantitative estimate of drug-likeness (QED) is 0.0261. The van der Waals surface area contributed by atoms with E-state index in [0.29, 0.717) is 19.3 Å². The lowest BCUT2D eigenvalue weighted by Crippen LogP contribution is -2.30. The van der Waals surface area contributed by atoms with Crippen LogP contribution in [0.1, 0.15) is 367 Å². The van der Waals surface area contributed by atoms with Crippen molar-refractivity contribution in [3.8, 4) is 0 Å². The van der Waals surface area contributed by atoms with Crippen molar-refractivity contribution in [1.82, 2.24) is 0 Å². The zero-order valence-electron chi connectivity index (χ0n) is 52.9. The van der Waals surface area contributed by atoms with Crippen molar-refractivity contribution in [3.63, 3.8) is 0 Å². The summed E-state index contributed by atoms with van der Waals surface area (Å²) in [6, 6.07) is 0. The molecule has 0 aliphatic carbocycles. The van der Waals surface area contributed by atoms with Crippen molar-refractivity contribution >= 4 is 17.9 Å². The molecule has 0 aromatic rings. The van der Waals surface area contributed by atoms with Gasteiger partial charge in [-0.2, -0.15) is 0 Å². The van der Waals surface area contributed by atoms with Crippen LogP contribution in [0.15, 0.2) is 60.8 Å². The number of esters is 3. The van der Waals surface area contributed by atoms with Gasteiger partial charge in [0, 0.05) is 19.3 Å². The Morgan fingerprint density at radius 2 is 0.456 bits per heavy atom. The smallest absolute Gasteiger partial charge is 0.306 e. The Morgan fingerprint density at radius 3 is 0.709 bits per heavy atom. The average Bonchev–Trinajstić information content (AvgIpc) is 3.45. The first kappa shape index (κ1) is 76.1. The summed E-state index contributed by atoms with van der Waals surface area (Å²) in [6.07, 6.45) is 86.6. The molecule has 0 rings (SSSR count). The first-order chi connectivity index (χ1) is 39.0. The fourth-order valence-electron chi connectivity index (χ4n) is 10.2. The minimum absolute atomic E-state index is 0.0762. The normalized spacial score (nSPS) is 12.4. The molecular formula is C73H132O6. The number of carbonyl (C=O) groups is 3. The van der Waals surface area contributed by atoms with E-state index >= 15 is 0 Å². The molecule has 1 atom stereocenters. The van der Waals surface area contributed by atoms with Gasteiger partial charge in [-0.3, -0.25) is 14.4 Å². The molecule has 79 heavy (non-hydrogen) atoms. The second kappa shape index (κ2) is 67.6. The van der Waals surface area contributed by atoms with Crippen LogP contribution in [-0.2, 0) is 28.6 Å². The third kappa shape index (κ3) is 65.8. The van der Waals surface area contributed by atoms with E-state index in [2.05, 4.69) is 81.5 Å². The molecule has 6 heteroatoms. The molecule has 0 heterocycles. The zero-order chi connectivity index (χ0) is 57.1. The van der Waals surface area contributed by atoms with Crippen molar-refractivity contribution in [3.05, 3.63) is 60.8 Å². The lowest BCUT2D eigenvalue weighted by Gasteiger charge is -2.18. The van der Waals surface area contributed by atoms with Crippen molar-refractivity contribution < 1.29 is 28.6 Å². The molecule has 0 amide bonds. The van der Waals surface area contributed by atoms with E-state index in [4.69, 9.17) is 14.2 Å². The zero-order valence-corrected chi connectivity index (χ0v) is 52.9. The molecule has 0 aromatic carbocycles. The topological polar surface area (TPSA) is 78.9 Å². The highest BCUT2D eigenvalue weighted by atomic mass is 16.6. The fourth-order valence-corrected chi connectivity index (χ4v) is 10.2. The van der Waals surface area contributed by atoms with Crippen LogP contribution in [0.5, 0.6) is 0 Å². The van der Waals surface area contributed by atoms with Crippen LogP contribution in [0, 0.1) is 0 Å². The molecule has 460 valence electrons. The van der Waals surface area contributed by atoms with Gasteiger partial charge in [0.1, 0.15) is 13.2 Å². The second-order valence-corrected chi connectivity index (χ2v) is 23.4. The van der Waals surface area contributed by atoms with Gasteiger partial charge in [-0.25, -0.2) is 0 Å². The minimum atomic E-state index is -0.781. The third-order valence-electron chi connectivity index (χ3n) is 15.5. The molecule has 0 saturated heterocycles. The Kier molecular flexibility index (Phi) is 65.1. The van der Waals surface area contributed by atoms with E-state index in [1.54, 1.807) is 0 Å². The number of ether oxygens (including phenoxy) is 3. The van der Waals surface area contributed by atoms with E-state index < -0.39 is 6.10 Å². The standard InChI is InChI=1S/C73H132O6/c1-4-7-10-13-16-19-22-25-28-30-32-34-36-38-40-42-45-48-51-54-57-60-63-66-72(75)78-69-70(68-77-71(74)65-62-59-56-53-50-47-44-27-24-21-18-15-12-9-6-3)79-73(76)67-64-61-58-55-52-49-46-43-41-39-37-35-33-31-29-26-23-20-17-14-11-8-5-2/h22-23,25-27,30-33,44,70H,4-21,24,28-29,34-43,45-69H2,1-3H3/b25-22-,26-23-,32-30-,33-31-,44-27-. The Bertz CT molecular complexity index is 1410. The predicted molar refractivity (Wildman–Crippen MR) is 344 cm³/mol. The average molecular weight is 1110 g/mol. The number of hydrogen-bond donors (Lipinski definition) is 0. The van der Waals surface area contributed by atoms with Crippen molar-refractivity contribution in [1.29, 1.82) is 0 Å². The molecule has 0 bridgehead atoms. The summed E-state index contributed by atoms with van der Waals surface area (Å²) in [5.74, 6) is -0.867. The van der Waals surface area contributed by atoms with Gasteiger partial charge >= 0.3 is 17.9 Å². The van der Waals surface area contributed by atoms with Crippen molar-refractivity contribution in [2.45, 2.75) is 374 Å². The van der Waals surface area contributed by atoms with Crippen molar-refractivity contribution in [2.75, 3.05) is 13.2 Å². The summed E-state index contributed by atoms with van der Waals surface area (Å²) in [6.45, 7) is 6.66. The lowest BCUT2D eigenvalue weighted by molar-refractivity contribution is -0.167. The maximum Gasteiger partial charge on any atom is 0.306 e. The summed E-state index contributed by atoms with van der Waals surface area (Å²) in [5.41, 5.74) is 0. The minimum Gasteiger partial charge on any atom is -0.462 e. The second-order valence-electron chi connectivity index (χ2n) is 23.4. The highest BCUT2D eigenvalue weighted by Gasteiger charge is 2.19. The van der Waals surface area contributed by atoms with Gasteiger partial charge in [-0.1, -0.05) is 300 Å². The summed E-state index contributed by atoms with van der Waals surface area (Å²) in [5, 5.41) is 0. The van der Waals surface area contributed by atoms with Gasteiger partial charge in [0.25, 0.3) is 0 Å². The number of allylic oxidation sites excluding steroid dienone is 10. The van der Waals surface area contributed by atoms with E-state index in [1.807, 2.05) is 0 Å². The van der Waals surface area contributed by atoms with Crippen LogP contribution in [-0.4, -0.2) is 37.2 Å². The molecule has 0 radical (unpaired) electrons. The summed E-state index contributed by atoms with van der Waals surface area (Å²) in [7, 11) is 0. The largest absolute Gasteiger partial charge is 0.462 e. The van der Waals surface area contributed by atoms with Gasteiger partial charge < -0.3 is 14.2 Å². The Balaban J connectivity index is 4.32. The van der Waals surface area contributed by atoms with Crippen LogP contribution < -0.4 is 0 Å². The van der Waals surface area contributed by atoms with Gasteiger partial charge in [0.2, 0.25) is 0 Å². The monoisotopic (exact) mass is 1110 g/mol. The van der Waals surface area contributed by atoms with Gasteiger partial charge in [-0.15, -0.1) is 0 Å². The SMILES string of the molecule is CCCCCCC/C=C\C/C=C\CCCCCCCCCCCCCC(=O)OCC(COC(=O)CCCCCCC/C=C\CCCCCCCC)OC(=O)CCCCCCCCCCCCC/C=C\C/C=C\CCCCCCC. The fraction of sp³-hybridized carbons (Fsp3) is 0.822. The Morgan fingerprint density at radius 1 is 0.253 bits per heavy atom. The van der Waals surface area contributed by atoms with Crippen LogP contribution in [0.4, 0.5) is 0 Å². The summed E-state index contributed by atoms with van der Waals surface area (Å²) in [4.78, 5) is 38.4. The molecule has 0 saturated carbocycles. The first-order valence-electron chi connectivity index (χ1n) is 34.8. The van der Waals surface area contributed by atoms with E-state index in [9.17, 15) is 14.4 Å². The molecule has 1 unspecified atom stereocenters. The molecule has 0 spiro atoms. The molecule has 0 fully saturated rings. The molecule has 0 aliphatic heterocycles. The summed E-state index contributed by atoms with van der Waals surface area (Å²) >= 11 is 0. The number of hydrogen-bond acceptors (Lipinski definition) is 6. The Hall–Kier alpha value is -2.89. The van der Waals surface area contributed by atoms with E-state index in [-0.39, 0.29) is 31.1 Å². The molecule has 6 nitrogen and oxygen atoms in total. The van der Waals surface area contributed by atoms with E-state index in [1.165, 1.54) is 250 Å². The van der Waals surface area contributed by atoms with Crippen LogP contribution in [0.2, 0.25) is 0 Å². The van der Waals surface area contributed by atoms with Crippen molar-refractivity contribution in [2.24, 2.45) is 0 Å². The molecule has 0 N–H and O–H groups in total. The van der Waals surface area contributed by atoms with Gasteiger partial charge in [0.05, 0.1) is 0 Å². The molecule has 0 aromatic heterocycles. The van der Waals surface area contributed by atoms with Crippen LogP contribution in [0.3, 0.4) is 0 Å². The predicted octanol–water partition coefficient (Wildman–Crippen LogP) is 23.9. The highest BCUT2D eigenvalue weighted by Crippen LogP contribution is 2.17. The number of unbranched alkanes of at least 4 members (excludes halogenated alkanes) is 43.